The van der Waals surface area contributed by atoms with Gasteiger partial charge in [0.2, 0.25) is 5.88 Å². The maximum absolute atomic E-state index is 9.86. The predicted molar refractivity (Wildman–Crippen MR) is 63.8 cm³/mol. The number of fused-ring (bicyclic) bond motifs is 1. The molecule has 0 saturated heterocycles. The fraction of sp³-hybridized carbons (Fsp3) is 0.0833. The van der Waals surface area contributed by atoms with E-state index in [4.69, 9.17) is 5.11 Å². The minimum atomic E-state index is -0.288. The quantitative estimate of drug-likeness (QED) is 0.700. The third-order valence-corrected chi connectivity index (χ3v) is 2.55. The van der Waals surface area contributed by atoms with Crippen molar-refractivity contribution in [2.75, 3.05) is 0 Å². The van der Waals surface area contributed by atoms with Gasteiger partial charge in [-0.3, -0.25) is 0 Å². The van der Waals surface area contributed by atoms with Crippen molar-refractivity contribution in [1.82, 2.24) is 19.6 Å². The molecule has 0 radical (unpaired) electrons. The highest BCUT2D eigenvalue weighted by Gasteiger charge is 2.10. The minimum absolute atomic E-state index is 0.0638. The lowest BCUT2D eigenvalue weighted by atomic mass is 10.1. The first-order valence-electron chi connectivity index (χ1n) is 5.40. The molecule has 2 aromatic heterocycles. The number of nitrogens with zero attached hydrogens (tertiary/aromatic N) is 4. The summed E-state index contributed by atoms with van der Waals surface area (Å²) < 4.78 is 1.19. The molecule has 3 rings (SSSR count). The Morgan fingerprint density at radius 1 is 1.11 bits per heavy atom. The molecule has 6 nitrogen and oxygen atoms in total. The number of aliphatic hydroxyl groups excluding tert-OH is 1. The second-order valence-electron chi connectivity index (χ2n) is 3.76. The largest absolute Gasteiger partial charge is 0.493 e. The lowest BCUT2D eigenvalue weighted by Gasteiger charge is -2.02. The molecule has 0 unspecified atom stereocenters. The van der Waals surface area contributed by atoms with Crippen molar-refractivity contribution in [2.24, 2.45) is 0 Å². The van der Waals surface area contributed by atoms with Crippen LogP contribution in [0.25, 0.3) is 17.0 Å². The standard InChI is InChI=1S/C12H10N4O2/c17-7-10-14-12-13-9(6-11(18)16(12)15-10)8-4-2-1-3-5-8/h1-6,17-18H,7H2. The van der Waals surface area contributed by atoms with Gasteiger partial charge in [0.25, 0.3) is 5.78 Å². The fourth-order valence-corrected chi connectivity index (χ4v) is 1.72. The number of hydrogen-bond acceptors (Lipinski definition) is 5. The Balaban J connectivity index is 2.21. The molecule has 0 amide bonds. The smallest absolute Gasteiger partial charge is 0.256 e. The normalized spacial score (nSPS) is 10.9. The van der Waals surface area contributed by atoms with Crippen LogP contribution in [0.3, 0.4) is 0 Å². The van der Waals surface area contributed by atoms with Gasteiger partial charge in [0.15, 0.2) is 5.82 Å². The van der Waals surface area contributed by atoms with Gasteiger partial charge in [0.05, 0.1) is 5.69 Å². The van der Waals surface area contributed by atoms with Crippen molar-refractivity contribution in [3.63, 3.8) is 0 Å². The molecule has 0 aliphatic heterocycles. The number of benzene rings is 1. The van der Waals surface area contributed by atoms with Gasteiger partial charge in [-0.2, -0.15) is 9.50 Å². The Bertz CT molecular complexity index is 694. The highest BCUT2D eigenvalue weighted by Crippen LogP contribution is 2.21. The summed E-state index contributed by atoms with van der Waals surface area (Å²) in [6.45, 7) is -0.288. The molecule has 0 fully saturated rings. The summed E-state index contributed by atoms with van der Waals surface area (Å²) >= 11 is 0. The Morgan fingerprint density at radius 3 is 2.61 bits per heavy atom. The van der Waals surface area contributed by atoms with Gasteiger partial charge < -0.3 is 10.2 Å². The zero-order chi connectivity index (χ0) is 12.5. The van der Waals surface area contributed by atoms with Crippen LogP contribution in [0.1, 0.15) is 5.82 Å². The zero-order valence-corrected chi connectivity index (χ0v) is 9.35. The van der Waals surface area contributed by atoms with Crippen LogP contribution in [0.4, 0.5) is 0 Å². The van der Waals surface area contributed by atoms with E-state index in [-0.39, 0.29) is 24.1 Å². The van der Waals surface area contributed by atoms with Crippen LogP contribution in [0.2, 0.25) is 0 Å². The first-order chi connectivity index (χ1) is 8.78. The molecular formula is C12H10N4O2. The summed E-state index contributed by atoms with van der Waals surface area (Å²) in [5, 5.41) is 22.7. The van der Waals surface area contributed by atoms with E-state index in [1.807, 2.05) is 30.3 Å². The van der Waals surface area contributed by atoms with E-state index in [0.717, 1.165) is 5.56 Å². The molecule has 2 heterocycles. The monoisotopic (exact) mass is 242 g/mol. The van der Waals surface area contributed by atoms with Gasteiger partial charge in [-0.1, -0.05) is 30.3 Å². The zero-order valence-electron chi connectivity index (χ0n) is 9.35. The van der Waals surface area contributed by atoms with Crippen LogP contribution in [-0.4, -0.2) is 29.8 Å². The van der Waals surface area contributed by atoms with Crippen LogP contribution in [-0.2, 0) is 6.61 Å². The molecule has 2 N–H and O–H groups in total. The van der Waals surface area contributed by atoms with Crippen molar-refractivity contribution < 1.29 is 10.2 Å². The summed E-state index contributed by atoms with van der Waals surface area (Å²) in [5.74, 6) is 0.423. The number of aromatic nitrogens is 4. The molecule has 0 saturated carbocycles. The van der Waals surface area contributed by atoms with Gasteiger partial charge >= 0.3 is 0 Å². The third-order valence-electron chi connectivity index (χ3n) is 2.55. The maximum atomic E-state index is 9.86. The Kier molecular flexibility index (Phi) is 2.42. The highest BCUT2D eigenvalue weighted by molar-refractivity contribution is 5.61. The topological polar surface area (TPSA) is 83.5 Å². The Morgan fingerprint density at radius 2 is 1.89 bits per heavy atom. The van der Waals surface area contributed by atoms with E-state index >= 15 is 0 Å². The van der Waals surface area contributed by atoms with Gasteiger partial charge in [0.1, 0.15) is 6.61 Å². The highest BCUT2D eigenvalue weighted by atomic mass is 16.3. The van der Waals surface area contributed by atoms with Gasteiger partial charge in [0, 0.05) is 11.6 Å². The molecule has 0 aliphatic rings. The van der Waals surface area contributed by atoms with Gasteiger partial charge in [-0.05, 0) is 0 Å². The van der Waals surface area contributed by atoms with E-state index in [0.29, 0.717) is 5.69 Å². The van der Waals surface area contributed by atoms with E-state index in [1.165, 1.54) is 10.6 Å². The third kappa shape index (κ3) is 1.68. The van der Waals surface area contributed by atoms with Crippen molar-refractivity contribution in [1.29, 1.82) is 0 Å². The lowest BCUT2D eigenvalue weighted by molar-refractivity contribution is 0.271. The van der Waals surface area contributed by atoms with E-state index in [9.17, 15) is 5.11 Å². The lowest BCUT2D eigenvalue weighted by Crippen LogP contribution is -1.94. The molecule has 1 aromatic carbocycles. The fourth-order valence-electron chi connectivity index (χ4n) is 1.72. The van der Waals surface area contributed by atoms with Crippen molar-refractivity contribution in [3.05, 3.63) is 42.2 Å². The maximum Gasteiger partial charge on any atom is 0.256 e. The summed E-state index contributed by atoms with van der Waals surface area (Å²) in [7, 11) is 0. The van der Waals surface area contributed by atoms with Crippen molar-refractivity contribution in [2.45, 2.75) is 6.61 Å². The molecular weight excluding hydrogens is 232 g/mol. The SMILES string of the molecule is OCc1nc2nc(-c3ccccc3)cc(O)n2n1. The van der Waals surface area contributed by atoms with E-state index in [1.54, 1.807) is 0 Å². The van der Waals surface area contributed by atoms with Crippen LogP contribution in [0.15, 0.2) is 36.4 Å². The summed E-state index contributed by atoms with van der Waals surface area (Å²) in [5.41, 5.74) is 1.49. The molecule has 0 bridgehead atoms. The molecule has 18 heavy (non-hydrogen) atoms. The van der Waals surface area contributed by atoms with Crippen LogP contribution in [0.5, 0.6) is 5.88 Å². The average molecular weight is 242 g/mol. The van der Waals surface area contributed by atoms with E-state index < -0.39 is 0 Å². The van der Waals surface area contributed by atoms with Crippen LogP contribution < -0.4 is 0 Å². The number of aromatic hydroxyl groups is 1. The van der Waals surface area contributed by atoms with E-state index in [2.05, 4.69) is 15.1 Å². The van der Waals surface area contributed by atoms with Crippen molar-refractivity contribution in [3.8, 4) is 17.1 Å². The molecule has 6 heteroatoms. The number of hydrogen-bond donors (Lipinski definition) is 2. The number of aliphatic hydroxyl groups is 1. The van der Waals surface area contributed by atoms with Crippen molar-refractivity contribution >= 4 is 5.78 Å². The molecule has 90 valence electrons. The first kappa shape index (κ1) is 10.7. The Hall–Kier alpha value is -2.47. The molecule has 3 aromatic rings. The second kappa shape index (κ2) is 4.08. The molecule has 0 atom stereocenters. The predicted octanol–water partition coefficient (Wildman–Crippen LogP) is 0.989. The van der Waals surface area contributed by atoms with Gasteiger partial charge in [-0.15, -0.1) is 5.10 Å². The molecule has 0 aliphatic carbocycles. The Labute approximate surface area is 102 Å². The first-order valence-corrected chi connectivity index (χ1v) is 5.40. The molecule has 0 spiro atoms. The van der Waals surface area contributed by atoms with Gasteiger partial charge in [-0.25, -0.2) is 4.98 Å². The minimum Gasteiger partial charge on any atom is -0.493 e. The average Bonchev–Trinajstić information content (AvgIpc) is 2.83. The second-order valence-corrected chi connectivity index (χ2v) is 3.76. The summed E-state index contributed by atoms with van der Waals surface area (Å²) in [6, 6.07) is 11.0. The van der Waals surface area contributed by atoms with Crippen LogP contribution >= 0.6 is 0 Å². The number of rotatable bonds is 2. The summed E-state index contributed by atoms with van der Waals surface area (Å²) in [4.78, 5) is 8.30. The summed E-state index contributed by atoms with van der Waals surface area (Å²) in [6.07, 6.45) is 0. The van der Waals surface area contributed by atoms with Crippen LogP contribution in [0, 0.1) is 0 Å².